The molecule has 0 unspecified atom stereocenters. The fourth-order valence-electron chi connectivity index (χ4n) is 2.13. The average Bonchev–Trinajstić information content (AvgIpc) is 2.57. The lowest BCUT2D eigenvalue weighted by molar-refractivity contribution is -0.127. The van der Waals surface area contributed by atoms with E-state index in [0.29, 0.717) is 23.9 Å². The molecule has 0 aliphatic rings. The largest absolute Gasteiger partial charge is 0.491 e. The number of benzene rings is 2. The molecular weight excluding hydrogens is 326 g/mol. The van der Waals surface area contributed by atoms with E-state index in [4.69, 9.17) is 21.1 Å². The second-order valence-electron chi connectivity index (χ2n) is 5.55. The van der Waals surface area contributed by atoms with Crippen LogP contribution in [0.5, 0.6) is 11.5 Å². The summed E-state index contributed by atoms with van der Waals surface area (Å²) >= 11 is 5.82. The summed E-state index contributed by atoms with van der Waals surface area (Å²) in [6, 6.07) is 12.8. The van der Waals surface area contributed by atoms with E-state index in [2.05, 4.69) is 5.32 Å². The van der Waals surface area contributed by atoms with E-state index in [1.807, 2.05) is 32.0 Å². The molecule has 0 aromatic heterocycles. The standard InChI is InChI=1S/C19H22ClNO3/c1-13-5-4-6-18(14(13)2)23-12-11-21-19(22)15(3)24-17-9-7-16(20)8-10-17/h4-10,15H,11-12H2,1-3H3,(H,21,22)/t15-/m1/s1. The van der Waals surface area contributed by atoms with E-state index < -0.39 is 6.10 Å². The number of hydrogen-bond acceptors (Lipinski definition) is 3. The molecule has 0 aliphatic carbocycles. The molecule has 1 N–H and O–H groups in total. The number of ether oxygens (including phenoxy) is 2. The fraction of sp³-hybridized carbons (Fsp3) is 0.316. The van der Waals surface area contributed by atoms with Crippen molar-refractivity contribution in [2.24, 2.45) is 0 Å². The molecule has 0 fully saturated rings. The Hall–Kier alpha value is -2.20. The van der Waals surface area contributed by atoms with Crippen LogP contribution >= 0.6 is 11.6 Å². The molecular formula is C19H22ClNO3. The molecule has 0 radical (unpaired) electrons. The van der Waals surface area contributed by atoms with Crippen molar-refractivity contribution in [3.63, 3.8) is 0 Å². The van der Waals surface area contributed by atoms with Crippen LogP contribution in [0.25, 0.3) is 0 Å². The first-order valence-corrected chi connectivity index (χ1v) is 8.24. The lowest BCUT2D eigenvalue weighted by atomic mass is 10.1. The minimum atomic E-state index is -0.591. The lowest BCUT2D eigenvalue weighted by Crippen LogP contribution is -2.38. The summed E-state index contributed by atoms with van der Waals surface area (Å²) in [5.41, 5.74) is 2.30. The molecule has 0 aliphatic heterocycles. The van der Waals surface area contributed by atoms with Crippen molar-refractivity contribution in [2.45, 2.75) is 26.9 Å². The van der Waals surface area contributed by atoms with E-state index in [-0.39, 0.29) is 5.91 Å². The molecule has 5 heteroatoms. The van der Waals surface area contributed by atoms with Crippen LogP contribution in [0.2, 0.25) is 5.02 Å². The van der Waals surface area contributed by atoms with Crippen LogP contribution in [0, 0.1) is 13.8 Å². The molecule has 128 valence electrons. The smallest absolute Gasteiger partial charge is 0.260 e. The maximum atomic E-state index is 12.0. The van der Waals surface area contributed by atoms with Gasteiger partial charge in [0.2, 0.25) is 0 Å². The van der Waals surface area contributed by atoms with Crippen molar-refractivity contribution in [1.29, 1.82) is 0 Å². The molecule has 0 saturated carbocycles. The third-order valence-corrected chi connectivity index (χ3v) is 3.96. The second-order valence-corrected chi connectivity index (χ2v) is 5.99. The van der Waals surface area contributed by atoms with Gasteiger partial charge in [0.25, 0.3) is 5.91 Å². The van der Waals surface area contributed by atoms with Gasteiger partial charge in [0.1, 0.15) is 18.1 Å². The summed E-state index contributed by atoms with van der Waals surface area (Å²) in [6.07, 6.45) is -0.591. The Labute approximate surface area is 147 Å². The summed E-state index contributed by atoms with van der Waals surface area (Å²) in [5.74, 6) is 1.26. The molecule has 2 aromatic carbocycles. The van der Waals surface area contributed by atoms with Crippen LogP contribution in [-0.4, -0.2) is 25.2 Å². The van der Waals surface area contributed by atoms with E-state index in [0.717, 1.165) is 11.3 Å². The molecule has 1 atom stereocenters. The number of carbonyl (C=O) groups excluding carboxylic acids is 1. The highest BCUT2D eigenvalue weighted by Crippen LogP contribution is 2.20. The van der Waals surface area contributed by atoms with Crippen molar-refractivity contribution in [3.05, 3.63) is 58.6 Å². The summed E-state index contributed by atoms with van der Waals surface area (Å²) in [6.45, 7) is 6.59. The zero-order valence-corrected chi connectivity index (χ0v) is 14.9. The summed E-state index contributed by atoms with van der Waals surface area (Å²) in [4.78, 5) is 12.0. The normalized spacial score (nSPS) is 11.7. The predicted molar refractivity (Wildman–Crippen MR) is 96.0 cm³/mol. The number of hydrogen-bond donors (Lipinski definition) is 1. The number of carbonyl (C=O) groups is 1. The van der Waals surface area contributed by atoms with Gasteiger partial charge < -0.3 is 14.8 Å². The highest BCUT2D eigenvalue weighted by atomic mass is 35.5. The molecule has 0 spiro atoms. The maximum Gasteiger partial charge on any atom is 0.260 e. The Bertz CT molecular complexity index is 686. The summed E-state index contributed by atoms with van der Waals surface area (Å²) in [5, 5.41) is 3.43. The average molecular weight is 348 g/mol. The molecule has 24 heavy (non-hydrogen) atoms. The second kappa shape index (κ2) is 8.60. The van der Waals surface area contributed by atoms with Crippen LogP contribution in [0.15, 0.2) is 42.5 Å². The highest BCUT2D eigenvalue weighted by molar-refractivity contribution is 6.30. The van der Waals surface area contributed by atoms with Crippen molar-refractivity contribution >= 4 is 17.5 Å². The van der Waals surface area contributed by atoms with Gasteiger partial charge in [0.05, 0.1) is 6.54 Å². The minimum absolute atomic E-state index is 0.186. The van der Waals surface area contributed by atoms with Gasteiger partial charge in [0.15, 0.2) is 6.10 Å². The Balaban J connectivity index is 1.74. The third kappa shape index (κ3) is 5.17. The number of rotatable bonds is 7. The van der Waals surface area contributed by atoms with Crippen molar-refractivity contribution < 1.29 is 14.3 Å². The quantitative estimate of drug-likeness (QED) is 0.772. The van der Waals surface area contributed by atoms with E-state index in [9.17, 15) is 4.79 Å². The molecule has 2 rings (SSSR count). The van der Waals surface area contributed by atoms with Gasteiger partial charge in [0, 0.05) is 5.02 Å². The van der Waals surface area contributed by atoms with Gasteiger partial charge in [-0.3, -0.25) is 4.79 Å². The van der Waals surface area contributed by atoms with Crippen molar-refractivity contribution in [3.8, 4) is 11.5 Å². The molecule has 2 aromatic rings. The van der Waals surface area contributed by atoms with Gasteiger partial charge in [-0.2, -0.15) is 0 Å². The highest BCUT2D eigenvalue weighted by Gasteiger charge is 2.14. The molecule has 1 amide bonds. The Kier molecular flexibility index (Phi) is 6.50. The molecule has 0 saturated heterocycles. The number of amides is 1. The van der Waals surface area contributed by atoms with E-state index >= 15 is 0 Å². The maximum absolute atomic E-state index is 12.0. The Morgan fingerprint density at radius 1 is 1.17 bits per heavy atom. The Morgan fingerprint density at radius 3 is 2.58 bits per heavy atom. The van der Waals surface area contributed by atoms with Gasteiger partial charge in [-0.15, -0.1) is 0 Å². The zero-order chi connectivity index (χ0) is 17.5. The van der Waals surface area contributed by atoms with Crippen LogP contribution in [0.1, 0.15) is 18.1 Å². The SMILES string of the molecule is Cc1cccc(OCCNC(=O)[C@@H](C)Oc2ccc(Cl)cc2)c1C. The predicted octanol–water partition coefficient (Wildman–Crippen LogP) is 3.92. The Morgan fingerprint density at radius 2 is 1.88 bits per heavy atom. The first-order valence-electron chi connectivity index (χ1n) is 7.86. The van der Waals surface area contributed by atoms with E-state index in [1.165, 1.54) is 5.56 Å². The lowest BCUT2D eigenvalue weighted by Gasteiger charge is -2.15. The fourth-order valence-corrected chi connectivity index (χ4v) is 2.26. The van der Waals surface area contributed by atoms with Crippen molar-refractivity contribution in [1.82, 2.24) is 5.32 Å². The topological polar surface area (TPSA) is 47.6 Å². The van der Waals surface area contributed by atoms with Gasteiger partial charge in [-0.05, 0) is 62.2 Å². The first-order chi connectivity index (χ1) is 11.5. The number of nitrogens with one attached hydrogen (secondary N) is 1. The monoisotopic (exact) mass is 347 g/mol. The van der Waals surface area contributed by atoms with Crippen LogP contribution < -0.4 is 14.8 Å². The van der Waals surface area contributed by atoms with Crippen LogP contribution in [-0.2, 0) is 4.79 Å². The van der Waals surface area contributed by atoms with Crippen LogP contribution in [0.3, 0.4) is 0 Å². The third-order valence-electron chi connectivity index (χ3n) is 3.71. The first kappa shape index (κ1) is 18.1. The van der Waals surface area contributed by atoms with Gasteiger partial charge >= 0.3 is 0 Å². The molecule has 0 heterocycles. The number of halogens is 1. The molecule has 0 bridgehead atoms. The van der Waals surface area contributed by atoms with Crippen molar-refractivity contribution in [2.75, 3.05) is 13.2 Å². The minimum Gasteiger partial charge on any atom is -0.491 e. The zero-order valence-electron chi connectivity index (χ0n) is 14.1. The van der Waals surface area contributed by atoms with Gasteiger partial charge in [-0.25, -0.2) is 0 Å². The summed E-state index contributed by atoms with van der Waals surface area (Å²) < 4.78 is 11.3. The number of aryl methyl sites for hydroxylation is 1. The van der Waals surface area contributed by atoms with E-state index in [1.54, 1.807) is 31.2 Å². The molecule has 4 nitrogen and oxygen atoms in total. The summed E-state index contributed by atoms with van der Waals surface area (Å²) in [7, 11) is 0. The van der Waals surface area contributed by atoms with Crippen LogP contribution in [0.4, 0.5) is 0 Å². The van der Waals surface area contributed by atoms with Gasteiger partial charge in [-0.1, -0.05) is 23.7 Å².